The smallest absolute Gasteiger partial charge is 0.255 e. The first kappa shape index (κ1) is 23.7. The zero-order chi connectivity index (χ0) is 22.6. The van der Waals surface area contributed by atoms with Gasteiger partial charge in [-0.15, -0.1) is 0 Å². The highest BCUT2D eigenvalue weighted by Crippen LogP contribution is 2.28. The van der Waals surface area contributed by atoms with Gasteiger partial charge in [0.15, 0.2) is 18.1 Å². The average molecular weight is 429 g/mol. The van der Waals surface area contributed by atoms with E-state index in [9.17, 15) is 14.4 Å². The predicted octanol–water partition coefficient (Wildman–Crippen LogP) is 1.97. The highest BCUT2D eigenvalue weighted by molar-refractivity contribution is 6.05. The van der Waals surface area contributed by atoms with Crippen LogP contribution in [-0.4, -0.2) is 51.2 Å². The molecule has 0 unspecified atom stereocenters. The molecule has 3 amide bonds. The molecule has 0 saturated carbocycles. The minimum Gasteiger partial charge on any atom is -0.493 e. The monoisotopic (exact) mass is 429 g/mol. The summed E-state index contributed by atoms with van der Waals surface area (Å²) in [6, 6.07) is 11.2. The molecule has 0 radical (unpaired) electrons. The minimum absolute atomic E-state index is 0.231. The molecule has 0 aliphatic heterocycles. The quantitative estimate of drug-likeness (QED) is 0.443. The number of ether oxygens (including phenoxy) is 3. The van der Waals surface area contributed by atoms with Crippen molar-refractivity contribution in [2.45, 2.75) is 13.3 Å². The van der Waals surface area contributed by atoms with Gasteiger partial charge in [0.2, 0.25) is 0 Å². The van der Waals surface area contributed by atoms with Crippen LogP contribution in [0.25, 0.3) is 0 Å². The number of rotatable bonds is 12. The van der Waals surface area contributed by atoms with Gasteiger partial charge in [0.1, 0.15) is 0 Å². The number of benzene rings is 2. The normalized spacial score (nSPS) is 10.3. The molecule has 2 aromatic carbocycles. The largest absolute Gasteiger partial charge is 0.493 e. The van der Waals surface area contributed by atoms with Crippen LogP contribution < -0.4 is 25.8 Å². The Morgan fingerprint density at radius 2 is 1.77 bits per heavy atom. The lowest BCUT2D eigenvalue weighted by Crippen LogP contribution is -2.25. The first-order valence-electron chi connectivity index (χ1n) is 9.81. The van der Waals surface area contributed by atoms with E-state index in [2.05, 4.69) is 10.6 Å². The molecular weight excluding hydrogens is 402 g/mol. The first-order chi connectivity index (χ1) is 14.9. The number of nitrogens with one attached hydrogen (secondary N) is 2. The maximum atomic E-state index is 12.6. The van der Waals surface area contributed by atoms with Crippen molar-refractivity contribution in [3.63, 3.8) is 0 Å². The molecule has 0 aliphatic rings. The standard InChI is InChI=1S/C22H27N3O6/c1-3-30-11-5-10-24-21(27)15-6-4-7-17(12-15)25-22(28)16-8-9-18(19(13-16)29-2)31-14-20(23)26/h4,6-9,12-13H,3,5,10-11,14H2,1-2H3,(H2,23,26)(H,24,27)(H,25,28). The van der Waals surface area contributed by atoms with E-state index in [-0.39, 0.29) is 18.3 Å². The first-order valence-corrected chi connectivity index (χ1v) is 9.81. The summed E-state index contributed by atoms with van der Waals surface area (Å²) < 4.78 is 15.7. The molecule has 9 heteroatoms. The van der Waals surface area contributed by atoms with Gasteiger partial charge in [0, 0.05) is 36.6 Å². The molecular formula is C22H27N3O6. The number of methoxy groups -OCH3 is 1. The number of nitrogens with two attached hydrogens (primary N) is 1. The lowest BCUT2D eigenvalue weighted by atomic mass is 10.1. The molecule has 0 heterocycles. The van der Waals surface area contributed by atoms with Gasteiger partial charge in [-0.25, -0.2) is 0 Å². The van der Waals surface area contributed by atoms with Crippen LogP contribution in [0.5, 0.6) is 11.5 Å². The van der Waals surface area contributed by atoms with Crippen molar-refractivity contribution in [1.82, 2.24) is 5.32 Å². The molecule has 0 atom stereocenters. The Morgan fingerprint density at radius 3 is 2.48 bits per heavy atom. The fraction of sp³-hybridized carbons (Fsp3) is 0.318. The molecule has 0 aliphatic carbocycles. The predicted molar refractivity (Wildman–Crippen MR) is 116 cm³/mol. The second-order valence-corrected chi connectivity index (χ2v) is 6.46. The molecule has 9 nitrogen and oxygen atoms in total. The number of carbonyl (C=O) groups is 3. The Labute approximate surface area is 180 Å². The van der Waals surface area contributed by atoms with Crippen LogP contribution in [0.15, 0.2) is 42.5 Å². The highest BCUT2D eigenvalue weighted by atomic mass is 16.5. The van der Waals surface area contributed by atoms with Gasteiger partial charge in [0.25, 0.3) is 17.7 Å². The molecule has 0 aromatic heterocycles. The van der Waals surface area contributed by atoms with Gasteiger partial charge in [0.05, 0.1) is 7.11 Å². The summed E-state index contributed by atoms with van der Waals surface area (Å²) in [6.45, 7) is 3.34. The summed E-state index contributed by atoms with van der Waals surface area (Å²) in [7, 11) is 1.42. The third-order valence-electron chi connectivity index (χ3n) is 4.13. The molecule has 4 N–H and O–H groups in total. The van der Waals surface area contributed by atoms with Crippen LogP contribution in [0.4, 0.5) is 5.69 Å². The zero-order valence-corrected chi connectivity index (χ0v) is 17.6. The average Bonchev–Trinajstić information content (AvgIpc) is 2.77. The summed E-state index contributed by atoms with van der Waals surface area (Å²) >= 11 is 0. The number of amides is 3. The molecule has 0 saturated heterocycles. The molecule has 0 fully saturated rings. The Balaban J connectivity index is 2.01. The fourth-order valence-corrected chi connectivity index (χ4v) is 2.64. The fourth-order valence-electron chi connectivity index (χ4n) is 2.64. The Kier molecular flexibility index (Phi) is 9.31. The van der Waals surface area contributed by atoms with Gasteiger partial charge in [-0.1, -0.05) is 6.07 Å². The van der Waals surface area contributed by atoms with Crippen molar-refractivity contribution in [3.8, 4) is 11.5 Å². The van der Waals surface area contributed by atoms with Gasteiger partial charge < -0.3 is 30.6 Å². The SMILES string of the molecule is CCOCCCNC(=O)c1cccc(NC(=O)c2ccc(OCC(N)=O)c(OC)c2)c1. The number of carbonyl (C=O) groups excluding carboxylic acids is 3. The summed E-state index contributed by atoms with van der Waals surface area (Å²) in [5.41, 5.74) is 6.29. The van der Waals surface area contributed by atoms with Crippen molar-refractivity contribution < 1.29 is 28.6 Å². The van der Waals surface area contributed by atoms with E-state index in [1.165, 1.54) is 25.3 Å². The van der Waals surface area contributed by atoms with E-state index in [0.717, 1.165) is 6.42 Å². The molecule has 0 bridgehead atoms. The van der Waals surface area contributed by atoms with Crippen LogP contribution >= 0.6 is 0 Å². The van der Waals surface area contributed by atoms with E-state index in [4.69, 9.17) is 19.9 Å². The van der Waals surface area contributed by atoms with Gasteiger partial charge in [-0.05, 0) is 49.7 Å². The number of hydrogen-bond donors (Lipinski definition) is 3. The van der Waals surface area contributed by atoms with Crippen LogP contribution in [0.2, 0.25) is 0 Å². The minimum atomic E-state index is -0.623. The molecule has 166 valence electrons. The Morgan fingerprint density at radius 1 is 1.00 bits per heavy atom. The van der Waals surface area contributed by atoms with Crippen LogP contribution in [0, 0.1) is 0 Å². The number of hydrogen-bond acceptors (Lipinski definition) is 6. The van der Waals surface area contributed by atoms with Crippen molar-refractivity contribution in [2.75, 3.05) is 38.8 Å². The van der Waals surface area contributed by atoms with Crippen LogP contribution in [-0.2, 0) is 9.53 Å². The number of primary amides is 1. The maximum Gasteiger partial charge on any atom is 0.255 e. The van der Waals surface area contributed by atoms with Crippen LogP contribution in [0.1, 0.15) is 34.1 Å². The lowest BCUT2D eigenvalue weighted by molar-refractivity contribution is -0.119. The zero-order valence-electron chi connectivity index (χ0n) is 17.6. The summed E-state index contributed by atoms with van der Waals surface area (Å²) in [5.74, 6) is -0.670. The van der Waals surface area contributed by atoms with Crippen molar-refractivity contribution in [1.29, 1.82) is 0 Å². The summed E-state index contributed by atoms with van der Waals surface area (Å²) in [6.07, 6.45) is 0.719. The van der Waals surface area contributed by atoms with E-state index >= 15 is 0 Å². The maximum absolute atomic E-state index is 12.6. The van der Waals surface area contributed by atoms with Crippen molar-refractivity contribution >= 4 is 23.4 Å². The topological polar surface area (TPSA) is 129 Å². The van der Waals surface area contributed by atoms with Gasteiger partial charge in [-0.3, -0.25) is 14.4 Å². The van der Waals surface area contributed by atoms with Gasteiger partial charge in [-0.2, -0.15) is 0 Å². The van der Waals surface area contributed by atoms with E-state index in [1.807, 2.05) is 6.92 Å². The van der Waals surface area contributed by atoms with E-state index < -0.39 is 11.8 Å². The van der Waals surface area contributed by atoms with Crippen molar-refractivity contribution in [3.05, 3.63) is 53.6 Å². The van der Waals surface area contributed by atoms with E-state index in [0.29, 0.717) is 42.3 Å². The molecule has 0 spiro atoms. The molecule has 2 aromatic rings. The second kappa shape index (κ2) is 12.2. The number of anilines is 1. The van der Waals surface area contributed by atoms with Crippen LogP contribution in [0.3, 0.4) is 0 Å². The molecule has 31 heavy (non-hydrogen) atoms. The second-order valence-electron chi connectivity index (χ2n) is 6.46. The Bertz CT molecular complexity index is 916. The summed E-state index contributed by atoms with van der Waals surface area (Å²) in [4.78, 5) is 35.8. The van der Waals surface area contributed by atoms with Gasteiger partial charge >= 0.3 is 0 Å². The lowest BCUT2D eigenvalue weighted by Gasteiger charge is -2.12. The third kappa shape index (κ3) is 7.63. The highest BCUT2D eigenvalue weighted by Gasteiger charge is 2.13. The summed E-state index contributed by atoms with van der Waals surface area (Å²) in [5, 5.41) is 5.57. The molecule has 2 rings (SSSR count). The van der Waals surface area contributed by atoms with Crippen molar-refractivity contribution in [2.24, 2.45) is 5.73 Å². The van der Waals surface area contributed by atoms with E-state index in [1.54, 1.807) is 24.3 Å². The Hall–Kier alpha value is -3.59. The third-order valence-corrected chi connectivity index (χ3v) is 4.13.